The van der Waals surface area contributed by atoms with Gasteiger partial charge in [0.15, 0.2) is 5.78 Å². The first kappa shape index (κ1) is 24.9. The second kappa shape index (κ2) is 8.63. The monoisotopic (exact) mass is 435 g/mol. The Balaban J connectivity index is 2.17. The topological polar surface area (TPSA) is 105 Å². The zero-order chi connectivity index (χ0) is 23.8. The molecule has 0 bridgehead atoms. The highest BCUT2D eigenvalue weighted by atomic mass is 16.6. The van der Waals surface area contributed by atoms with Crippen LogP contribution >= 0.6 is 0 Å². The number of rotatable bonds is 6. The summed E-state index contributed by atoms with van der Waals surface area (Å²) in [4.78, 5) is 52.5. The van der Waals surface area contributed by atoms with Crippen molar-refractivity contribution in [1.82, 2.24) is 15.5 Å². The number of carbonyl (C=O) groups is 4. The van der Waals surface area contributed by atoms with Gasteiger partial charge in [-0.25, -0.2) is 4.79 Å². The van der Waals surface area contributed by atoms with Crippen LogP contribution in [-0.2, 0) is 19.1 Å². The van der Waals surface area contributed by atoms with E-state index >= 15 is 0 Å². The Morgan fingerprint density at radius 3 is 2.23 bits per heavy atom. The summed E-state index contributed by atoms with van der Waals surface area (Å²) in [5, 5.41) is 5.57. The molecule has 31 heavy (non-hydrogen) atoms. The molecule has 8 heteroatoms. The van der Waals surface area contributed by atoms with Gasteiger partial charge in [0, 0.05) is 12.5 Å². The number of nitrogens with zero attached hydrogens (tertiary/aromatic N) is 1. The molecule has 2 fully saturated rings. The SMILES string of the molecule is C=CC1C[C@]1(NC(=O)[C@@H]1CCCN1C(=O)[C@@H](NC(=O)OC(C)(C)C)C(C)(C)C)C(C)=O. The maximum absolute atomic E-state index is 13.4. The Labute approximate surface area is 185 Å². The van der Waals surface area contributed by atoms with Crippen LogP contribution in [0.5, 0.6) is 0 Å². The largest absolute Gasteiger partial charge is 0.444 e. The van der Waals surface area contributed by atoms with E-state index in [-0.39, 0.29) is 23.5 Å². The van der Waals surface area contributed by atoms with E-state index in [2.05, 4.69) is 17.2 Å². The molecule has 3 amide bonds. The van der Waals surface area contributed by atoms with Crippen LogP contribution in [0.4, 0.5) is 4.79 Å². The third-order valence-corrected chi connectivity index (χ3v) is 5.89. The van der Waals surface area contributed by atoms with Gasteiger partial charge in [0.05, 0.1) is 0 Å². The van der Waals surface area contributed by atoms with Crippen molar-refractivity contribution in [3.63, 3.8) is 0 Å². The maximum Gasteiger partial charge on any atom is 0.408 e. The minimum absolute atomic E-state index is 0.0873. The van der Waals surface area contributed by atoms with Gasteiger partial charge < -0.3 is 20.3 Å². The van der Waals surface area contributed by atoms with E-state index in [4.69, 9.17) is 4.74 Å². The van der Waals surface area contributed by atoms with E-state index in [1.807, 2.05) is 20.8 Å². The lowest BCUT2D eigenvalue weighted by atomic mass is 9.85. The van der Waals surface area contributed by atoms with E-state index in [1.54, 1.807) is 26.8 Å². The molecule has 2 rings (SSSR count). The van der Waals surface area contributed by atoms with Gasteiger partial charge in [-0.05, 0) is 52.4 Å². The first-order valence-corrected chi connectivity index (χ1v) is 10.9. The molecular weight excluding hydrogens is 398 g/mol. The van der Waals surface area contributed by atoms with Gasteiger partial charge in [-0.1, -0.05) is 26.8 Å². The molecule has 0 aromatic heterocycles. The number of ketones is 1. The number of ether oxygens (including phenoxy) is 1. The molecule has 1 aliphatic carbocycles. The van der Waals surface area contributed by atoms with E-state index < -0.39 is 34.7 Å². The Hall–Kier alpha value is -2.38. The maximum atomic E-state index is 13.4. The van der Waals surface area contributed by atoms with Crippen LogP contribution in [0.15, 0.2) is 12.7 Å². The van der Waals surface area contributed by atoms with Crippen molar-refractivity contribution in [3.05, 3.63) is 12.7 Å². The average molecular weight is 436 g/mol. The van der Waals surface area contributed by atoms with Gasteiger partial charge in [-0.3, -0.25) is 14.4 Å². The second-order valence-electron chi connectivity index (χ2n) is 10.7. The van der Waals surface area contributed by atoms with Crippen molar-refractivity contribution in [3.8, 4) is 0 Å². The summed E-state index contributed by atoms with van der Waals surface area (Å²) in [5.74, 6) is -0.865. The van der Waals surface area contributed by atoms with Crippen LogP contribution < -0.4 is 10.6 Å². The zero-order valence-corrected chi connectivity index (χ0v) is 19.8. The third kappa shape index (κ3) is 5.66. The second-order valence-corrected chi connectivity index (χ2v) is 10.7. The van der Waals surface area contributed by atoms with Crippen molar-refractivity contribution >= 4 is 23.7 Å². The molecule has 0 aromatic carbocycles. The van der Waals surface area contributed by atoms with Crippen molar-refractivity contribution in [1.29, 1.82) is 0 Å². The summed E-state index contributed by atoms with van der Waals surface area (Å²) < 4.78 is 5.33. The quantitative estimate of drug-likeness (QED) is 0.624. The van der Waals surface area contributed by atoms with Gasteiger partial charge >= 0.3 is 6.09 Å². The van der Waals surface area contributed by atoms with E-state index in [0.717, 1.165) is 0 Å². The predicted octanol–water partition coefficient (Wildman–Crippen LogP) is 2.57. The summed E-state index contributed by atoms with van der Waals surface area (Å²) in [7, 11) is 0. The van der Waals surface area contributed by atoms with Crippen LogP contribution in [-0.4, -0.2) is 58.4 Å². The Morgan fingerprint density at radius 2 is 1.77 bits per heavy atom. The molecule has 0 aromatic rings. The third-order valence-electron chi connectivity index (χ3n) is 5.89. The summed E-state index contributed by atoms with van der Waals surface area (Å²) in [6.45, 7) is 16.4. The van der Waals surface area contributed by atoms with E-state index in [0.29, 0.717) is 25.8 Å². The molecule has 0 radical (unpaired) electrons. The van der Waals surface area contributed by atoms with Crippen molar-refractivity contribution in [2.24, 2.45) is 11.3 Å². The fraction of sp³-hybridized carbons (Fsp3) is 0.739. The highest BCUT2D eigenvalue weighted by Crippen LogP contribution is 2.45. The molecule has 1 saturated carbocycles. The number of amides is 3. The van der Waals surface area contributed by atoms with Crippen molar-refractivity contribution in [2.75, 3.05) is 6.54 Å². The highest BCUT2D eigenvalue weighted by molar-refractivity contribution is 5.98. The van der Waals surface area contributed by atoms with Gasteiger partial charge in [0.2, 0.25) is 11.8 Å². The van der Waals surface area contributed by atoms with E-state index in [9.17, 15) is 19.2 Å². The van der Waals surface area contributed by atoms with Gasteiger partial charge in [-0.2, -0.15) is 0 Å². The van der Waals surface area contributed by atoms with Crippen LogP contribution in [0.2, 0.25) is 0 Å². The van der Waals surface area contributed by atoms with Crippen LogP contribution in [0.25, 0.3) is 0 Å². The number of carbonyl (C=O) groups excluding carboxylic acids is 4. The van der Waals surface area contributed by atoms with Crippen molar-refractivity contribution in [2.45, 2.75) is 91.0 Å². The smallest absolute Gasteiger partial charge is 0.408 e. The number of nitrogens with one attached hydrogen (secondary N) is 2. The molecular formula is C23H37N3O5. The Kier molecular flexibility index (Phi) is 6.93. The number of hydrogen-bond donors (Lipinski definition) is 2. The summed E-state index contributed by atoms with van der Waals surface area (Å²) in [5.41, 5.74) is -2.20. The summed E-state index contributed by atoms with van der Waals surface area (Å²) in [6, 6.07) is -1.54. The van der Waals surface area contributed by atoms with Crippen LogP contribution in [0.3, 0.4) is 0 Å². The summed E-state index contributed by atoms with van der Waals surface area (Å²) in [6.07, 6.45) is 2.71. The average Bonchev–Trinajstić information content (AvgIpc) is 3.10. The number of likely N-dealkylation sites (tertiary alicyclic amines) is 1. The zero-order valence-electron chi connectivity index (χ0n) is 19.8. The fourth-order valence-electron chi connectivity index (χ4n) is 4.06. The van der Waals surface area contributed by atoms with Gasteiger partial charge in [0.25, 0.3) is 0 Å². The highest BCUT2D eigenvalue weighted by Gasteiger charge is 2.58. The molecule has 1 heterocycles. The minimum Gasteiger partial charge on any atom is -0.444 e. The lowest BCUT2D eigenvalue weighted by Gasteiger charge is -2.36. The molecule has 0 spiro atoms. The fourth-order valence-corrected chi connectivity index (χ4v) is 4.06. The van der Waals surface area contributed by atoms with Crippen LogP contribution in [0, 0.1) is 11.3 Å². The first-order chi connectivity index (χ1) is 14.1. The molecule has 174 valence electrons. The lowest BCUT2D eigenvalue weighted by molar-refractivity contribution is -0.142. The lowest BCUT2D eigenvalue weighted by Crippen LogP contribution is -2.59. The predicted molar refractivity (Wildman–Crippen MR) is 117 cm³/mol. The molecule has 4 atom stereocenters. The van der Waals surface area contributed by atoms with Gasteiger partial charge in [0.1, 0.15) is 23.2 Å². The number of hydrogen-bond acceptors (Lipinski definition) is 5. The molecule has 2 aliphatic rings. The van der Waals surface area contributed by atoms with Crippen molar-refractivity contribution < 1.29 is 23.9 Å². The standard InChI is InChI=1S/C23H37N3O5/c1-9-15-13-23(15,14(2)27)25-18(28)16-11-10-12-26(16)19(29)17(21(3,4)5)24-20(30)31-22(6,7)8/h9,15-17H,1,10-13H2,2-8H3,(H,24,30)(H,25,28)/t15?,16-,17+,23-/m0/s1. The molecule has 1 unspecified atom stereocenters. The first-order valence-electron chi connectivity index (χ1n) is 10.9. The minimum atomic E-state index is -0.908. The number of alkyl carbamates (subject to hydrolysis) is 1. The van der Waals surface area contributed by atoms with Gasteiger partial charge in [-0.15, -0.1) is 6.58 Å². The molecule has 8 nitrogen and oxygen atoms in total. The molecule has 1 saturated heterocycles. The number of Topliss-reactive ketones (excluding diaryl/α,β-unsaturated/α-hetero) is 1. The Bertz CT molecular complexity index is 764. The summed E-state index contributed by atoms with van der Waals surface area (Å²) >= 11 is 0. The van der Waals surface area contributed by atoms with Crippen LogP contribution in [0.1, 0.15) is 67.7 Å². The molecule has 2 N–H and O–H groups in total. The Morgan fingerprint density at radius 1 is 1.16 bits per heavy atom. The molecule has 1 aliphatic heterocycles. The normalized spacial score (nSPS) is 26.6. The van der Waals surface area contributed by atoms with E-state index in [1.165, 1.54) is 11.8 Å².